The van der Waals surface area contributed by atoms with E-state index in [9.17, 15) is 4.79 Å². The van der Waals surface area contributed by atoms with Crippen molar-refractivity contribution in [3.05, 3.63) is 107 Å². The summed E-state index contributed by atoms with van der Waals surface area (Å²) in [7, 11) is 0. The SMILES string of the molecule is Cc1oc(-c2cccs2)nc1CC(=O)NCc1ccccc1-c1ccc(Cn2cccn2)cc1. The molecule has 2 aromatic carbocycles. The number of aromatic nitrogens is 3. The molecule has 170 valence electrons. The second kappa shape index (κ2) is 9.89. The maximum atomic E-state index is 12.7. The van der Waals surface area contributed by atoms with Gasteiger partial charge in [0, 0.05) is 18.9 Å². The van der Waals surface area contributed by atoms with Crippen molar-refractivity contribution in [3.8, 4) is 21.9 Å². The lowest BCUT2D eigenvalue weighted by molar-refractivity contribution is -0.120. The number of benzene rings is 2. The molecular weight excluding hydrogens is 444 g/mol. The molecule has 6 nitrogen and oxygen atoms in total. The van der Waals surface area contributed by atoms with Gasteiger partial charge in [0.2, 0.25) is 11.8 Å². The van der Waals surface area contributed by atoms with E-state index in [0.29, 0.717) is 23.9 Å². The van der Waals surface area contributed by atoms with Crippen LogP contribution in [0.4, 0.5) is 0 Å². The fraction of sp³-hybridized carbons (Fsp3) is 0.148. The second-order valence-corrected chi connectivity index (χ2v) is 8.96. The monoisotopic (exact) mass is 468 g/mol. The first-order valence-electron chi connectivity index (χ1n) is 11.1. The average molecular weight is 469 g/mol. The summed E-state index contributed by atoms with van der Waals surface area (Å²) >= 11 is 1.56. The number of oxazole rings is 1. The first-order chi connectivity index (χ1) is 16.7. The van der Waals surface area contributed by atoms with Gasteiger partial charge in [-0.15, -0.1) is 11.3 Å². The summed E-state index contributed by atoms with van der Waals surface area (Å²) in [5, 5.41) is 9.28. The molecule has 0 saturated heterocycles. The van der Waals surface area contributed by atoms with Crippen LogP contribution in [0.2, 0.25) is 0 Å². The van der Waals surface area contributed by atoms with Crippen LogP contribution < -0.4 is 5.32 Å². The second-order valence-electron chi connectivity index (χ2n) is 8.01. The molecule has 3 heterocycles. The van der Waals surface area contributed by atoms with Gasteiger partial charge in [-0.2, -0.15) is 5.10 Å². The van der Waals surface area contributed by atoms with Gasteiger partial charge in [-0.1, -0.05) is 54.6 Å². The molecule has 34 heavy (non-hydrogen) atoms. The van der Waals surface area contributed by atoms with Crippen LogP contribution >= 0.6 is 11.3 Å². The lowest BCUT2D eigenvalue weighted by Crippen LogP contribution is -2.25. The summed E-state index contributed by atoms with van der Waals surface area (Å²) in [5.41, 5.74) is 5.13. The number of hydrogen-bond donors (Lipinski definition) is 1. The normalized spacial score (nSPS) is 11.0. The number of carbonyl (C=O) groups is 1. The Balaban J connectivity index is 1.24. The van der Waals surface area contributed by atoms with Gasteiger partial charge in [-0.25, -0.2) is 4.98 Å². The molecule has 0 bridgehead atoms. The van der Waals surface area contributed by atoms with E-state index in [-0.39, 0.29) is 12.3 Å². The Labute approximate surface area is 201 Å². The standard InChI is InChI=1S/C27H24N4O2S/c1-19-24(30-27(33-19)25-8-4-15-34-25)16-26(32)28-17-22-6-2-3-7-23(22)21-11-9-20(10-12-21)18-31-14-5-13-29-31/h2-15H,16-18H2,1H3,(H,28,32). The van der Waals surface area contributed by atoms with Crippen LogP contribution in [-0.4, -0.2) is 20.7 Å². The molecule has 0 saturated carbocycles. The van der Waals surface area contributed by atoms with E-state index in [1.54, 1.807) is 17.5 Å². The van der Waals surface area contributed by atoms with Crippen molar-refractivity contribution in [2.75, 3.05) is 0 Å². The third-order valence-corrected chi connectivity index (χ3v) is 6.47. The Hall–Kier alpha value is -3.97. The highest BCUT2D eigenvalue weighted by molar-refractivity contribution is 7.13. The van der Waals surface area contributed by atoms with Crippen LogP contribution in [0.5, 0.6) is 0 Å². The van der Waals surface area contributed by atoms with Crippen molar-refractivity contribution in [2.45, 2.75) is 26.4 Å². The van der Waals surface area contributed by atoms with Crippen molar-refractivity contribution < 1.29 is 9.21 Å². The Morgan fingerprint density at radius 3 is 2.68 bits per heavy atom. The van der Waals surface area contributed by atoms with Gasteiger partial charge in [0.15, 0.2) is 0 Å². The first-order valence-corrected chi connectivity index (χ1v) is 12.0. The summed E-state index contributed by atoms with van der Waals surface area (Å²) < 4.78 is 7.66. The highest BCUT2D eigenvalue weighted by atomic mass is 32.1. The zero-order valence-electron chi connectivity index (χ0n) is 18.8. The molecule has 0 radical (unpaired) electrons. The van der Waals surface area contributed by atoms with Crippen LogP contribution in [-0.2, 0) is 24.3 Å². The van der Waals surface area contributed by atoms with Crippen LogP contribution in [0.1, 0.15) is 22.6 Å². The summed E-state index contributed by atoms with van der Waals surface area (Å²) in [6, 6.07) is 22.4. The molecule has 5 aromatic rings. The fourth-order valence-corrected chi connectivity index (χ4v) is 4.48. The molecule has 0 aliphatic carbocycles. The summed E-state index contributed by atoms with van der Waals surface area (Å²) in [6.07, 6.45) is 3.92. The van der Waals surface area contributed by atoms with E-state index in [2.05, 4.69) is 45.7 Å². The van der Waals surface area contributed by atoms with E-state index >= 15 is 0 Å². The van der Waals surface area contributed by atoms with Gasteiger partial charge < -0.3 is 9.73 Å². The molecular formula is C27H24N4O2S. The number of aryl methyl sites for hydroxylation is 1. The first kappa shape index (κ1) is 21.9. The minimum Gasteiger partial charge on any atom is -0.440 e. The van der Waals surface area contributed by atoms with Gasteiger partial charge in [0.25, 0.3) is 0 Å². The van der Waals surface area contributed by atoms with Crippen molar-refractivity contribution in [1.82, 2.24) is 20.1 Å². The number of hydrogen-bond acceptors (Lipinski definition) is 5. The van der Waals surface area contributed by atoms with Crippen molar-refractivity contribution in [3.63, 3.8) is 0 Å². The molecule has 3 aromatic heterocycles. The number of nitrogens with zero attached hydrogens (tertiary/aromatic N) is 3. The lowest BCUT2D eigenvalue weighted by atomic mass is 9.98. The van der Waals surface area contributed by atoms with Gasteiger partial charge in [0.1, 0.15) is 5.76 Å². The quantitative estimate of drug-likeness (QED) is 0.327. The largest absolute Gasteiger partial charge is 0.440 e. The van der Waals surface area contributed by atoms with Gasteiger partial charge in [0.05, 0.1) is 23.5 Å². The van der Waals surface area contributed by atoms with E-state index in [0.717, 1.165) is 28.1 Å². The maximum absolute atomic E-state index is 12.7. The average Bonchev–Trinajstić information content (AvgIpc) is 3.62. The predicted octanol–water partition coefficient (Wildman–Crippen LogP) is 5.48. The molecule has 7 heteroatoms. The zero-order valence-corrected chi connectivity index (χ0v) is 19.6. The minimum atomic E-state index is -0.0847. The molecule has 0 aliphatic rings. The third-order valence-electron chi connectivity index (χ3n) is 5.61. The van der Waals surface area contributed by atoms with Crippen LogP contribution in [0, 0.1) is 6.92 Å². The number of nitrogens with one attached hydrogen (secondary N) is 1. The number of thiophene rings is 1. The van der Waals surface area contributed by atoms with Crippen molar-refractivity contribution in [1.29, 1.82) is 0 Å². The highest BCUT2D eigenvalue weighted by Gasteiger charge is 2.15. The number of amides is 1. The van der Waals surface area contributed by atoms with Gasteiger partial charge >= 0.3 is 0 Å². The molecule has 0 unspecified atom stereocenters. The third kappa shape index (κ3) is 5.00. The minimum absolute atomic E-state index is 0.0847. The Kier molecular flexibility index (Phi) is 6.35. The Morgan fingerprint density at radius 2 is 1.91 bits per heavy atom. The van der Waals surface area contributed by atoms with E-state index in [4.69, 9.17) is 4.42 Å². The van der Waals surface area contributed by atoms with E-state index in [1.165, 1.54) is 5.56 Å². The summed E-state index contributed by atoms with van der Waals surface area (Å²) in [5.74, 6) is 1.16. The lowest BCUT2D eigenvalue weighted by Gasteiger charge is -2.12. The highest BCUT2D eigenvalue weighted by Crippen LogP contribution is 2.27. The van der Waals surface area contributed by atoms with E-state index in [1.807, 2.05) is 59.6 Å². The molecule has 0 atom stereocenters. The predicted molar refractivity (Wildman–Crippen MR) is 133 cm³/mol. The van der Waals surface area contributed by atoms with Crippen LogP contribution in [0.25, 0.3) is 21.9 Å². The molecule has 0 spiro atoms. The van der Waals surface area contributed by atoms with Crippen molar-refractivity contribution in [2.24, 2.45) is 0 Å². The Morgan fingerprint density at radius 1 is 1.06 bits per heavy atom. The molecule has 0 aliphatic heterocycles. The summed E-state index contributed by atoms with van der Waals surface area (Å²) in [4.78, 5) is 18.2. The van der Waals surface area contributed by atoms with E-state index < -0.39 is 0 Å². The molecule has 1 amide bonds. The molecule has 0 fully saturated rings. The van der Waals surface area contributed by atoms with Gasteiger partial charge in [-0.3, -0.25) is 9.48 Å². The molecule has 1 N–H and O–H groups in total. The summed E-state index contributed by atoms with van der Waals surface area (Å²) in [6.45, 7) is 3.03. The van der Waals surface area contributed by atoms with Gasteiger partial charge in [-0.05, 0) is 46.7 Å². The zero-order chi connectivity index (χ0) is 23.3. The Bertz CT molecular complexity index is 1370. The smallest absolute Gasteiger partial charge is 0.236 e. The van der Waals surface area contributed by atoms with Crippen LogP contribution in [0.15, 0.2) is 88.9 Å². The topological polar surface area (TPSA) is 73.0 Å². The van der Waals surface area contributed by atoms with Crippen molar-refractivity contribution >= 4 is 17.2 Å². The maximum Gasteiger partial charge on any atom is 0.236 e. The van der Waals surface area contributed by atoms with Crippen LogP contribution in [0.3, 0.4) is 0 Å². The number of rotatable bonds is 8. The fourth-order valence-electron chi connectivity index (χ4n) is 3.83. The number of carbonyl (C=O) groups excluding carboxylic acids is 1. The molecule has 5 rings (SSSR count).